The molecule has 1 amide bonds. The standard InChI is InChI=1S/C16H26N4O2/c1-14-3-6-17-20(14)10-9-18-7-4-16(13-18)5-8-19(15(16)21)11-12-22-2/h3,6H,4-5,7-13H2,1-2H3. The molecule has 3 heterocycles. The first-order valence-corrected chi connectivity index (χ1v) is 8.14. The molecule has 6 heteroatoms. The van der Waals surface area contributed by atoms with Crippen molar-refractivity contribution in [3.05, 3.63) is 18.0 Å². The summed E-state index contributed by atoms with van der Waals surface area (Å²) in [6.45, 7) is 8.10. The minimum Gasteiger partial charge on any atom is -0.383 e. The Labute approximate surface area is 132 Å². The first-order chi connectivity index (χ1) is 10.6. The van der Waals surface area contributed by atoms with Crippen molar-refractivity contribution >= 4 is 5.91 Å². The third-order valence-corrected chi connectivity index (χ3v) is 5.16. The van der Waals surface area contributed by atoms with Crippen molar-refractivity contribution in [2.75, 3.05) is 46.4 Å². The van der Waals surface area contributed by atoms with Crippen LogP contribution in [-0.2, 0) is 16.1 Å². The molecule has 3 rings (SSSR count). The van der Waals surface area contributed by atoms with Crippen LogP contribution in [0, 0.1) is 12.3 Å². The molecule has 2 saturated heterocycles. The second-order valence-electron chi connectivity index (χ2n) is 6.54. The minimum atomic E-state index is -0.132. The van der Waals surface area contributed by atoms with Crippen molar-refractivity contribution in [1.82, 2.24) is 19.6 Å². The van der Waals surface area contributed by atoms with Gasteiger partial charge in [-0.3, -0.25) is 9.48 Å². The van der Waals surface area contributed by atoms with Gasteiger partial charge in [0.05, 0.1) is 18.6 Å². The van der Waals surface area contributed by atoms with Crippen LogP contribution in [0.3, 0.4) is 0 Å². The van der Waals surface area contributed by atoms with Crippen molar-refractivity contribution in [2.45, 2.75) is 26.3 Å². The number of aryl methyl sites for hydroxylation is 1. The molecule has 1 aromatic rings. The second kappa shape index (κ2) is 6.38. The molecule has 122 valence electrons. The maximum atomic E-state index is 12.7. The fourth-order valence-electron chi connectivity index (χ4n) is 3.70. The Morgan fingerprint density at radius 2 is 2.09 bits per heavy atom. The maximum Gasteiger partial charge on any atom is 0.230 e. The summed E-state index contributed by atoms with van der Waals surface area (Å²) in [6.07, 6.45) is 3.83. The molecular formula is C16H26N4O2. The lowest BCUT2D eigenvalue weighted by Crippen LogP contribution is -2.38. The van der Waals surface area contributed by atoms with E-state index >= 15 is 0 Å². The Kier molecular flexibility index (Phi) is 4.49. The predicted octanol–water partition coefficient (Wildman–Crippen LogP) is 0.762. The van der Waals surface area contributed by atoms with E-state index in [1.54, 1.807) is 7.11 Å². The number of hydrogen-bond donors (Lipinski definition) is 0. The van der Waals surface area contributed by atoms with Gasteiger partial charge in [0, 0.05) is 45.2 Å². The summed E-state index contributed by atoms with van der Waals surface area (Å²) >= 11 is 0. The average Bonchev–Trinajstić information content (AvgIpc) is 3.19. The number of amides is 1. The van der Waals surface area contributed by atoms with E-state index in [4.69, 9.17) is 4.74 Å². The summed E-state index contributed by atoms with van der Waals surface area (Å²) in [6, 6.07) is 2.03. The van der Waals surface area contributed by atoms with Gasteiger partial charge in [0.15, 0.2) is 0 Å². The first kappa shape index (κ1) is 15.5. The van der Waals surface area contributed by atoms with E-state index < -0.39 is 0 Å². The largest absolute Gasteiger partial charge is 0.383 e. The summed E-state index contributed by atoms with van der Waals surface area (Å²) in [5.74, 6) is 0.335. The Morgan fingerprint density at radius 3 is 2.82 bits per heavy atom. The van der Waals surface area contributed by atoms with E-state index in [9.17, 15) is 4.79 Å². The number of ether oxygens (including phenoxy) is 1. The highest BCUT2D eigenvalue weighted by Gasteiger charge is 2.50. The van der Waals surface area contributed by atoms with Gasteiger partial charge < -0.3 is 14.5 Å². The van der Waals surface area contributed by atoms with E-state index in [-0.39, 0.29) is 5.41 Å². The number of nitrogens with zero attached hydrogens (tertiary/aromatic N) is 4. The number of carbonyl (C=O) groups is 1. The van der Waals surface area contributed by atoms with Gasteiger partial charge in [-0.2, -0.15) is 5.10 Å². The summed E-state index contributed by atoms with van der Waals surface area (Å²) in [4.78, 5) is 17.1. The zero-order valence-corrected chi connectivity index (χ0v) is 13.6. The van der Waals surface area contributed by atoms with Gasteiger partial charge in [0.2, 0.25) is 5.91 Å². The SMILES string of the molecule is COCCN1CCC2(CCN(CCn3nccc3C)C2)C1=O. The van der Waals surface area contributed by atoms with Gasteiger partial charge in [-0.1, -0.05) is 0 Å². The van der Waals surface area contributed by atoms with E-state index in [1.807, 2.05) is 21.8 Å². The van der Waals surface area contributed by atoms with Crippen LogP contribution in [0.15, 0.2) is 12.3 Å². The van der Waals surface area contributed by atoms with E-state index in [2.05, 4.69) is 16.9 Å². The van der Waals surface area contributed by atoms with Crippen molar-refractivity contribution in [2.24, 2.45) is 5.41 Å². The maximum absolute atomic E-state index is 12.7. The molecule has 1 spiro atoms. The van der Waals surface area contributed by atoms with Crippen LogP contribution in [0.25, 0.3) is 0 Å². The topological polar surface area (TPSA) is 50.6 Å². The number of methoxy groups -OCH3 is 1. The third kappa shape index (κ3) is 2.90. The zero-order chi connectivity index (χ0) is 15.6. The smallest absolute Gasteiger partial charge is 0.230 e. The normalized spacial score (nSPS) is 25.7. The van der Waals surface area contributed by atoms with E-state index in [1.165, 1.54) is 5.69 Å². The van der Waals surface area contributed by atoms with Gasteiger partial charge in [0.1, 0.15) is 0 Å². The molecule has 0 N–H and O–H groups in total. The monoisotopic (exact) mass is 306 g/mol. The number of aromatic nitrogens is 2. The Balaban J connectivity index is 1.53. The lowest BCUT2D eigenvalue weighted by molar-refractivity contribution is -0.136. The number of carbonyl (C=O) groups excluding carboxylic acids is 1. The highest BCUT2D eigenvalue weighted by molar-refractivity contribution is 5.85. The first-order valence-electron chi connectivity index (χ1n) is 8.14. The molecule has 22 heavy (non-hydrogen) atoms. The van der Waals surface area contributed by atoms with Gasteiger partial charge in [-0.25, -0.2) is 0 Å². The fraction of sp³-hybridized carbons (Fsp3) is 0.750. The van der Waals surface area contributed by atoms with Crippen molar-refractivity contribution in [3.8, 4) is 0 Å². The van der Waals surface area contributed by atoms with Crippen LogP contribution in [0.4, 0.5) is 0 Å². The van der Waals surface area contributed by atoms with Crippen molar-refractivity contribution < 1.29 is 9.53 Å². The quantitative estimate of drug-likeness (QED) is 0.779. The Morgan fingerprint density at radius 1 is 1.27 bits per heavy atom. The van der Waals surface area contributed by atoms with Crippen molar-refractivity contribution in [1.29, 1.82) is 0 Å². The van der Waals surface area contributed by atoms with Crippen LogP contribution in [-0.4, -0.2) is 71.9 Å². The third-order valence-electron chi connectivity index (χ3n) is 5.16. The minimum absolute atomic E-state index is 0.132. The van der Waals surface area contributed by atoms with Gasteiger partial charge in [-0.15, -0.1) is 0 Å². The molecule has 6 nitrogen and oxygen atoms in total. The molecular weight excluding hydrogens is 280 g/mol. The molecule has 1 atom stereocenters. The highest BCUT2D eigenvalue weighted by atomic mass is 16.5. The molecule has 0 aromatic carbocycles. The number of rotatable bonds is 6. The molecule has 0 radical (unpaired) electrons. The van der Waals surface area contributed by atoms with Crippen LogP contribution in [0.1, 0.15) is 18.5 Å². The van der Waals surface area contributed by atoms with E-state index in [0.717, 1.165) is 52.1 Å². The molecule has 2 aliphatic heterocycles. The average molecular weight is 306 g/mol. The van der Waals surface area contributed by atoms with Gasteiger partial charge in [-0.05, 0) is 32.4 Å². The van der Waals surface area contributed by atoms with Gasteiger partial charge >= 0.3 is 0 Å². The predicted molar refractivity (Wildman–Crippen MR) is 83.5 cm³/mol. The summed E-state index contributed by atoms with van der Waals surface area (Å²) in [5, 5.41) is 4.33. The highest BCUT2D eigenvalue weighted by Crippen LogP contribution is 2.40. The number of hydrogen-bond acceptors (Lipinski definition) is 4. The zero-order valence-electron chi connectivity index (χ0n) is 13.6. The summed E-state index contributed by atoms with van der Waals surface area (Å²) in [5.41, 5.74) is 1.06. The fourth-order valence-corrected chi connectivity index (χ4v) is 3.70. The Hall–Kier alpha value is -1.40. The Bertz CT molecular complexity index is 530. The number of likely N-dealkylation sites (tertiary alicyclic amines) is 2. The molecule has 1 aromatic heterocycles. The summed E-state index contributed by atoms with van der Waals surface area (Å²) < 4.78 is 7.14. The lowest BCUT2D eigenvalue weighted by Gasteiger charge is -2.23. The van der Waals surface area contributed by atoms with Crippen LogP contribution in [0.5, 0.6) is 0 Å². The lowest BCUT2D eigenvalue weighted by atomic mass is 9.85. The summed E-state index contributed by atoms with van der Waals surface area (Å²) in [7, 11) is 1.69. The van der Waals surface area contributed by atoms with Gasteiger partial charge in [0.25, 0.3) is 0 Å². The van der Waals surface area contributed by atoms with E-state index in [0.29, 0.717) is 12.5 Å². The molecule has 0 saturated carbocycles. The molecule has 1 unspecified atom stereocenters. The van der Waals surface area contributed by atoms with Crippen molar-refractivity contribution in [3.63, 3.8) is 0 Å². The molecule has 2 aliphatic rings. The van der Waals surface area contributed by atoms with Crippen LogP contribution >= 0.6 is 0 Å². The molecule has 2 fully saturated rings. The molecule has 0 bridgehead atoms. The van der Waals surface area contributed by atoms with Crippen LogP contribution < -0.4 is 0 Å². The second-order valence-corrected chi connectivity index (χ2v) is 6.54. The van der Waals surface area contributed by atoms with Crippen LogP contribution in [0.2, 0.25) is 0 Å². The molecule has 0 aliphatic carbocycles.